The Bertz CT molecular complexity index is 2510. The van der Waals surface area contributed by atoms with Crippen LogP contribution in [0.25, 0.3) is 0 Å². The summed E-state index contributed by atoms with van der Waals surface area (Å²) in [5.74, 6) is 3.47. The number of carbonyl (C=O) groups is 4. The van der Waals surface area contributed by atoms with Gasteiger partial charge in [0.2, 0.25) is 11.8 Å². The molecule has 356 valence electrons. The molecule has 1 spiro atoms. The SMILES string of the molecule is COCCOC(=O)N1C(=O)C2(c3cc(C#CC4(O)CCCCCC4)ccc31)C(C(=O)N1CCCCCCC1)C1C(=O)OC(c3ccccc3)C(c3ccccc3)N1C2c1ccccc1OCCO. The van der Waals surface area contributed by atoms with Gasteiger partial charge in [0.05, 0.1) is 36.9 Å². The third kappa shape index (κ3) is 8.79. The van der Waals surface area contributed by atoms with Gasteiger partial charge >= 0.3 is 12.1 Å². The van der Waals surface area contributed by atoms with Gasteiger partial charge in [-0.3, -0.25) is 19.3 Å². The lowest BCUT2D eigenvalue weighted by Crippen LogP contribution is -2.56. The van der Waals surface area contributed by atoms with E-state index in [1.165, 1.54) is 7.11 Å². The number of rotatable bonds is 10. The van der Waals surface area contributed by atoms with Crippen LogP contribution in [0.4, 0.5) is 10.5 Å². The number of hydrogen-bond donors (Lipinski definition) is 2. The van der Waals surface area contributed by atoms with Crippen molar-refractivity contribution < 1.29 is 48.3 Å². The van der Waals surface area contributed by atoms with Crippen molar-refractivity contribution in [2.45, 2.75) is 106 Å². The number of cyclic esters (lactones) is 1. The number of nitrogens with zero attached hydrogens (tertiary/aromatic N) is 3. The average molecular weight is 924 g/mol. The van der Waals surface area contributed by atoms with Crippen molar-refractivity contribution in [2.75, 3.05) is 51.5 Å². The zero-order valence-corrected chi connectivity index (χ0v) is 38.7. The standard InChI is InChI=1S/C55H61N3O10/c1-65-35-36-67-53(63)57-43-26-25-38(27-30-54(64)28-15-3-4-16-29-54)37-42(43)55(52(57)62)45(50(60)56-31-17-5-2-6-18-32-56)47-51(61)68-48(40-21-11-8-12-22-40)46(39-19-9-7-10-20-39)58(47)49(55)41-23-13-14-24-44(41)66-34-33-59/h7-14,19-26,37,45-49,59,64H,2-6,15-18,28-29,31-36H2,1H3. The molecule has 9 rings (SSSR count). The van der Waals surface area contributed by atoms with E-state index in [0.717, 1.165) is 68.3 Å². The number of carbonyl (C=O) groups excluding carboxylic acids is 4. The maximum Gasteiger partial charge on any atom is 0.421 e. The number of para-hydroxylation sites is 1. The number of fused-ring (bicyclic) bond motifs is 3. The summed E-state index contributed by atoms with van der Waals surface area (Å²) in [6.07, 6.45) is 7.22. The van der Waals surface area contributed by atoms with Crippen LogP contribution in [0.1, 0.15) is 117 Å². The second-order valence-electron chi connectivity index (χ2n) is 18.6. The fraction of sp³-hybridized carbons (Fsp3) is 0.455. The second kappa shape index (κ2) is 20.7. The molecule has 4 fully saturated rings. The van der Waals surface area contributed by atoms with Gasteiger partial charge in [-0.2, -0.15) is 0 Å². The Labute approximate surface area is 398 Å². The summed E-state index contributed by atoms with van der Waals surface area (Å²) in [6, 6.07) is 28.1. The first kappa shape index (κ1) is 47.0. The molecule has 4 aromatic carbocycles. The highest BCUT2D eigenvalue weighted by molar-refractivity contribution is 6.23. The Morgan fingerprint density at radius 1 is 0.765 bits per heavy atom. The van der Waals surface area contributed by atoms with Gasteiger partial charge in [-0.1, -0.05) is 123 Å². The van der Waals surface area contributed by atoms with Crippen LogP contribution in [0.15, 0.2) is 103 Å². The van der Waals surface area contributed by atoms with Crippen molar-refractivity contribution >= 4 is 29.6 Å². The summed E-state index contributed by atoms with van der Waals surface area (Å²) >= 11 is 0. The van der Waals surface area contributed by atoms with Gasteiger partial charge in [0, 0.05) is 31.3 Å². The van der Waals surface area contributed by atoms with E-state index in [1.807, 2.05) is 77.7 Å². The van der Waals surface area contributed by atoms with Gasteiger partial charge in [-0.25, -0.2) is 9.69 Å². The summed E-state index contributed by atoms with van der Waals surface area (Å²) in [4.78, 5) is 67.9. The van der Waals surface area contributed by atoms with Crippen LogP contribution in [0.5, 0.6) is 5.75 Å². The minimum atomic E-state index is -2.03. The molecule has 6 unspecified atom stereocenters. The number of aliphatic hydroxyl groups excluding tert-OH is 1. The molecule has 3 saturated heterocycles. The smallest absolute Gasteiger partial charge is 0.421 e. The molecule has 0 bridgehead atoms. The number of methoxy groups -OCH3 is 1. The van der Waals surface area contributed by atoms with Crippen LogP contribution in [0.2, 0.25) is 0 Å². The highest BCUT2D eigenvalue weighted by Gasteiger charge is 2.76. The largest absolute Gasteiger partial charge is 0.491 e. The fourth-order valence-electron chi connectivity index (χ4n) is 11.5. The number of benzene rings is 4. The van der Waals surface area contributed by atoms with Crippen LogP contribution in [0, 0.1) is 17.8 Å². The molecule has 0 aromatic heterocycles. The molecule has 5 aliphatic rings. The van der Waals surface area contributed by atoms with Crippen molar-refractivity contribution in [1.29, 1.82) is 0 Å². The summed E-state index contributed by atoms with van der Waals surface area (Å²) in [5, 5.41) is 21.9. The van der Waals surface area contributed by atoms with Gasteiger partial charge in [-0.05, 0) is 79.5 Å². The monoisotopic (exact) mass is 923 g/mol. The van der Waals surface area contributed by atoms with Gasteiger partial charge in [0.15, 0.2) is 0 Å². The number of hydrogen-bond acceptors (Lipinski definition) is 11. The first-order chi connectivity index (χ1) is 33.2. The maximum atomic E-state index is 16.6. The maximum absolute atomic E-state index is 16.6. The lowest BCUT2D eigenvalue weighted by atomic mass is 9.64. The molecular formula is C55H61N3O10. The van der Waals surface area contributed by atoms with Crippen LogP contribution in [-0.2, 0) is 34.0 Å². The third-order valence-electron chi connectivity index (χ3n) is 14.5. The molecule has 6 atom stereocenters. The lowest BCUT2D eigenvalue weighted by Gasteiger charge is -2.46. The van der Waals surface area contributed by atoms with E-state index in [0.29, 0.717) is 53.9 Å². The molecule has 4 aromatic rings. The van der Waals surface area contributed by atoms with Gasteiger partial charge in [-0.15, -0.1) is 0 Å². The summed E-state index contributed by atoms with van der Waals surface area (Å²) in [6.45, 7) is 0.347. The molecule has 13 heteroatoms. The lowest BCUT2D eigenvalue weighted by molar-refractivity contribution is -0.179. The summed E-state index contributed by atoms with van der Waals surface area (Å²) in [7, 11) is 1.48. The van der Waals surface area contributed by atoms with E-state index in [1.54, 1.807) is 35.2 Å². The molecule has 0 radical (unpaired) electrons. The first-order valence-corrected chi connectivity index (χ1v) is 24.3. The van der Waals surface area contributed by atoms with E-state index in [9.17, 15) is 15.0 Å². The van der Waals surface area contributed by atoms with Crippen LogP contribution in [-0.4, -0.2) is 102 Å². The number of esters is 1. The summed E-state index contributed by atoms with van der Waals surface area (Å²) < 4.78 is 24.0. The molecule has 2 N–H and O–H groups in total. The zero-order valence-electron chi connectivity index (χ0n) is 38.7. The van der Waals surface area contributed by atoms with E-state index in [2.05, 4.69) is 11.8 Å². The molecule has 1 aliphatic carbocycles. The minimum absolute atomic E-state index is 0.0683. The van der Waals surface area contributed by atoms with Crippen molar-refractivity contribution in [2.24, 2.45) is 5.92 Å². The van der Waals surface area contributed by atoms with E-state index < -0.39 is 65.0 Å². The van der Waals surface area contributed by atoms with Gasteiger partial charge in [0.25, 0.3) is 0 Å². The highest BCUT2D eigenvalue weighted by Crippen LogP contribution is 2.67. The predicted octanol–water partition coefficient (Wildman–Crippen LogP) is 7.74. The average Bonchev–Trinajstić information content (AvgIpc) is 3.68. The Balaban J connectivity index is 1.37. The van der Waals surface area contributed by atoms with Crippen molar-refractivity contribution in [1.82, 2.24) is 9.80 Å². The van der Waals surface area contributed by atoms with Crippen molar-refractivity contribution in [3.8, 4) is 17.6 Å². The highest BCUT2D eigenvalue weighted by atomic mass is 16.6. The topological polar surface area (TPSA) is 155 Å². The normalized spacial score (nSPS) is 25.8. The minimum Gasteiger partial charge on any atom is -0.491 e. The quantitative estimate of drug-likeness (QED) is 0.0695. The zero-order chi connectivity index (χ0) is 47.3. The fourth-order valence-corrected chi connectivity index (χ4v) is 11.5. The molecule has 3 amide bonds. The van der Waals surface area contributed by atoms with E-state index in [-0.39, 0.29) is 32.1 Å². The number of ether oxygens (including phenoxy) is 4. The van der Waals surface area contributed by atoms with Crippen LogP contribution < -0.4 is 9.64 Å². The van der Waals surface area contributed by atoms with Crippen LogP contribution in [0.3, 0.4) is 0 Å². The molecule has 1 saturated carbocycles. The number of morpholine rings is 1. The number of amides is 3. The Hall–Kier alpha value is -6.04. The number of imide groups is 1. The molecular weight excluding hydrogens is 863 g/mol. The number of likely N-dealkylation sites (tertiary alicyclic amines) is 1. The van der Waals surface area contributed by atoms with E-state index >= 15 is 14.4 Å². The van der Waals surface area contributed by atoms with E-state index in [4.69, 9.17) is 18.9 Å². The first-order valence-electron chi connectivity index (χ1n) is 24.3. The number of anilines is 1. The Morgan fingerprint density at radius 3 is 2.10 bits per heavy atom. The predicted molar refractivity (Wildman–Crippen MR) is 253 cm³/mol. The Kier molecular flexibility index (Phi) is 14.3. The number of aliphatic hydroxyl groups is 2. The van der Waals surface area contributed by atoms with Gasteiger partial charge in [0.1, 0.15) is 42.1 Å². The molecule has 68 heavy (non-hydrogen) atoms. The van der Waals surface area contributed by atoms with Crippen LogP contribution >= 0.6 is 0 Å². The van der Waals surface area contributed by atoms with Gasteiger partial charge < -0.3 is 34.1 Å². The molecule has 4 aliphatic heterocycles. The molecule has 4 heterocycles. The molecule has 13 nitrogen and oxygen atoms in total. The Morgan fingerprint density at radius 2 is 1.41 bits per heavy atom. The second-order valence-corrected chi connectivity index (χ2v) is 18.6. The third-order valence-corrected chi connectivity index (χ3v) is 14.5. The summed E-state index contributed by atoms with van der Waals surface area (Å²) in [5.41, 5.74) is -0.360. The van der Waals surface area contributed by atoms with Crippen molar-refractivity contribution in [3.63, 3.8) is 0 Å². The van der Waals surface area contributed by atoms with Crippen molar-refractivity contribution in [3.05, 3.63) is 131 Å².